The highest BCUT2D eigenvalue weighted by atomic mass is 15.1. The third-order valence-corrected chi connectivity index (χ3v) is 5.89. The summed E-state index contributed by atoms with van der Waals surface area (Å²) in [4.78, 5) is 2.53. The molecule has 144 valence electrons. The van der Waals surface area contributed by atoms with Crippen molar-refractivity contribution >= 4 is 0 Å². The zero-order valence-corrected chi connectivity index (χ0v) is 16.8. The van der Waals surface area contributed by atoms with Gasteiger partial charge in [0.15, 0.2) is 0 Å². The van der Waals surface area contributed by atoms with Gasteiger partial charge in [0.1, 0.15) is 0 Å². The van der Waals surface area contributed by atoms with Gasteiger partial charge in [-0.15, -0.1) is 0 Å². The molecule has 0 N–H and O–H groups in total. The molecule has 0 saturated heterocycles. The van der Waals surface area contributed by atoms with Gasteiger partial charge in [-0.05, 0) is 67.8 Å². The molecule has 0 bridgehead atoms. The van der Waals surface area contributed by atoms with Gasteiger partial charge >= 0.3 is 0 Å². The average molecular weight is 370 g/mol. The number of benzene rings is 2. The van der Waals surface area contributed by atoms with E-state index in [9.17, 15) is 0 Å². The molecule has 0 spiro atoms. The molecule has 1 aliphatic heterocycles. The van der Waals surface area contributed by atoms with Crippen LogP contribution in [0.15, 0.2) is 96.2 Å². The van der Waals surface area contributed by atoms with Crippen molar-refractivity contribution in [2.75, 3.05) is 6.54 Å². The molecule has 0 radical (unpaired) electrons. The summed E-state index contributed by atoms with van der Waals surface area (Å²) in [5.74, 6) is 0. The van der Waals surface area contributed by atoms with Crippen LogP contribution in [-0.4, -0.2) is 17.5 Å². The Morgan fingerprint density at radius 3 is 2.07 bits per heavy atom. The first kappa shape index (κ1) is 18.8. The Balaban J connectivity index is 1.21. The lowest BCUT2D eigenvalue weighted by atomic mass is 10.0. The number of rotatable bonds is 9. The Morgan fingerprint density at radius 2 is 1.39 bits per heavy atom. The van der Waals surface area contributed by atoms with Gasteiger partial charge in [0.25, 0.3) is 0 Å². The molecule has 0 aromatic heterocycles. The first-order chi connectivity index (χ1) is 13.9. The summed E-state index contributed by atoms with van der Waals surface area (Å²) in [5.41, 5.74) is 6.03. The molecule has 2 aromatic rings. The summed E-state index contributed by atoms with van der Waals surface area (Å²) in [6.45, 7) is 1.17. The molecule has 0 saturated carbocycles. The van der Waals surface area contributed by atoms with Crippen LogP contribution in [0.4, 0.5) is 0 Å². The van der Waals surface area contributed by atoms with Gasteiger partial charge in [0, 0.05) is 6.54 Å². The van der Waals surface area contributed by atoms with Crippen molar-refractivity contribution in [1.82, 2.24) is 4.90 Å². The number of hydrogen-bond donors (Lipinski definition) is 0. The molecular formula is C27H31N. The first-order valence-electron chi connectivity index (χ1n) is 10.8. The van der Waals surface area contributed by atoms with E-state index in [0.717, 1.165) is 0 Å². The molecule has 1 aliphatic carbocycles. The maximum Gasteiger partial charge on any atom is 0.0660 e. The van der Waals surface area contributed by atoms with Crippen LogP contribution in [0.5, 0.6) is 0 Å². The first-order valence-corrected chi connectivity index (χ1v) is 10.8. The fourth-order valence-electron chi connectivity index (χ4n) is 4.29. The van der Waals surface area contributed by atoms with E-state index in [4.69, 9.17) is 0 Å². The molecule has 28 heavy (non-hydrogen) atoms. The number of hydrogen-bond acceptors (Lipinski definition) is 1. The molecule has 0 amide bonds. The van der Waals surface area contributed by atoms with Crippen molar-refractivity contribution in [2.45, 2.75) is 51.0 Å². The fraction of sp³-hybridized carbons (Fsp3) is 0.333. The normalized spacial score (nSPS) is 18.4. The zero-order chi connectivity index (χ0) is 19.0. The van der Waals surface area contributed by atoms with Gasteiger partial charge in [-0.3, -0.25) is 0 Å². The van der Waals surface area contributed by atoms with Crippen LogP contribution in [0.3, 0.4) is 0 Å². The Labute approximate surface area is 170 Å². The van der Waals surface area contributed by atoms with E-state index >= 15 is 0 Å². The van der Waals surface area contributed by atoms with E-state index in [-0.39, 0.29) is 0 Å². The van der Waals surface area contributed by atoms with E-state index in [1.807, 2.05) is 0 Å². The highest BCUT2D eigenvalue weighted by Crippen LogP contribution is 2.27. The van der Waals surface area contributed by atoms with Gasteiger partial charge in [0.05, 0.1) is 6.04 Å². The zero-order valence-electron chi connectivity index (χ0n) is 16.8. The van der Waals surface area contributed by atoms with E-state index in [2.05, 4.69) is 90.0 Å². The smallest absolute Gasteiger partial charge is 0.0660 e. The minimum Gasteiger partial charge on any atom is -0.367 e. The van der Waals surface area contributed by atoms with Crippen molar-refractivity contribution in [2.24, 2.45) is 0 Å². The van der Waals surface area contributed by atoms with Crippen LogP contribution in [0.1, 0.15) is 43.2 Å². The van der Waals surface area contributed by atoms with Crippen LogP contribution in [0.2, 0.25) is 0 Å². The third kappa shape index (κ3) is 5.25. The lowest BCUT2D eigenvalue weighted by molar-refractivity contribution is 0.392. The van der Waals surface area contributed by atoms with E-state index in [1.54, 1.807) is 5.57 Å². The molecule has 1 nitrogen and oxygen atoms in total. The van der Waals surface area contributed by atoms with Crippen LogP contribution < -0.4 is 0 Å². The van der Waals surface area contributed by atoms with Crippen molar-refractivity contribution in [1.29, 1.82) is 0 Å². The summed E-state index contributed by atoms with van der Waals surface area (Å²) in [6.07, 6.45) is 18.1. The van der Waals surface area contributed by atoms with E-state index in [1.165, 1.54) is 68.2 Å². The predicted molar refractivity (Wildman–Crippen MR) is 119 cm³/mol. The van der Waals surface area contributed by atoms with Gasteiger partial charge in [0.2, 0.25) is 0 Å². The third-order valence-electron chi connectivity index (χ3n) is 5.89. The van der Waals surface area contributed by atoms with Gasteiger partial charge < -0.3 is 4.90 Å². The summed E-state index contributed by atoms with van der Waals surface area (Å²) in [7, 11) is 0. The molecule has 4 rings (SSSR count). The summed E-state index contributed by atoms with van der Waals surface area (Å²) in [5, 5.41) is 0. The maximum atomic E-state index is 2.53. The lowest BCUT2D eigenvalue weighted by Crippen LogP contribution is -2.24. The SMILES string of the molecule is C1=CC(N2C=C(CCCc3ccccc3)CC2)C=C1CCCc1ccccc1. The summed E-state index contributed by atoms with van der Waals surface area (Å²) in [6, 6.07) is 22.2. The summed E-state index contributed by atoms with van der Waals surface area (Å²) < 4.78 is 0. The molecule has 2 aliphatic rings. The standard InChI is InChI=1S/C27H31N/c1-3-9-23(10-4-1)13-7-15-25-17-18-27(21-25)28-20-19-26(22-28)16-8-14-24-11-5-2-6-12-24/h1-6,9-12,17-18,21-22,27H,7-8,13-16,19-20H2. The molecule has 1 heteroatoms. The molecule has 1 atom stereocenters. The largest absolute Gasteiger partial charge is 0.367 e. The van der Waals surface area contributed by atoms with Crippen LogP contribution in [-0.2, 0) is 12.8 Å². The molecule has 1 heterocycles. The number of aryl methyl sites for hydroxylation is 2. The maximum absolute atomic E-state index is 2.53. The minimum atomic E-state index is 0.471. The van der Waals surface area contributed by atoms with Crippen LogP contribution >= 0.6 is 0 Å². The molecule has 1 unspecified atom stereocenters. The van der Waals surface area contributed by atoms with E-state index in [0.29, 0.717) is 6.04 Å². The van der Waals surface area contributed by atoms with Gasteiger partial charge in [-0.1, -0.05) is 84.5 Å². The predicted octanol–water partition coefficient (Wildman–Crippen LogP) is 6.49. The number of nitrogens with zero attached hydrogens (tertiary/aromatic N) is 1. The fourth-order valence-corrected chi connectivity index (χ4v) is 4.29. The highest BCUT2D eigenvalue weighted by Gasteiger charge is 2.20. The average Bonchev–Trinajstić information content (AvgIpc) is 3.39. The Morgan fingerprint density at radius 1 is 0.750 bits per heavy atom. The second-order valence-electron chi connectivity index (χ2n) is 8.04. The highest BCUT2D eigenvalue weighted by molar-refractivity contribution is 5.33. The van der Waals surface area contributed by atoms with Crippen molar-refractivity contribution in [3.05, 3.63) is 107 Å². The Kier molecular flexibility index (Phi) is 6.44. The van der Waals surface area contributed by atoms with Crippen LogP contribution in [0.25, 0.3) is 0 Å². The molecule has 2 aromatic carbocycles. The van der Waals surface area contributed by atoms with Crippen molar-refractivity contribution < 1.29 is 0 Å². The molecular weight excluding hydrogens is 338 g/mol. The topological polar surface area (TPSA) is 3.24 Å². The van der Waals surface area contributed by atoms with Crippen molar-refractivity contribution in [3.63, 3.8) is 0 Å². The summed E-state index contributed by atoms with van der Waals surface area (Å²) >= 11 is 0. The Hall–Kier alpha value is -2.54. The quantitative estimate of drug-likeness (QED) is 0.488. The van der Waals surface area contributed by atoms with Gasteiger partial charge in [-0.2, -0.15) is 0 Å². The van der Waals surface area contributed by atoms with Gasteiger partial charge in [-0.25, -0.2) is 0 Å². The Bertz CT molecular complexity index is 829. The molecule has 0 fully saturated rings. The minimum absolute atomic E-state index is 0.471. The van der Waals surface area contributed by atoms with Crippen LogP contribution in [0, 0.1) is 0 Å². The van der Waals surface area contributed by atoms with Crippen molar-refractivity contribution in [3.8, 4) is 0 Å². The number of allylic oxidation sites excluding steroid dienone is 2. The van der Waals surface area contributed by atoms with E-state index < -0.39 is 0 Å². The second kappa shape index (κ2) is 9.59. The lowest BCUT2D eigenvalue weighted by Gasteiger charge is -2.20. The monoisotopic (exact) mass is 369 g/mol. The second-order valence-corrected chi connectivity index (χ2v) is 8.04.